The molecule has 4 heteroatoms. The molecular formula is C11H21BrN2O. The molecule has 0 bridgehead atoms. The van der Waals surface area contributed by atoms with E-state index in [-0.39, 0.29) is 5.91 Å². The molecule has 0 unspecified atom stereocenters. The molecule has 1 fully saturated rings. The van der Waals surface area contributed by atoms with Crippen molar-refractivity contribution in [1.82, 2.24) is 10.2 Å². The van der Waals surface area contributed by atoms with Gasteiger partial charge in [0.25, 0.3) is 0 Å². The van der Waals surface area contributed by atoms with Crippen LogP contribution in [0.5, 0.6) is 0 Å². The van der Waals surface area contributed by atoms with Crippen molar-refractivity contribution in [1.29, 1.82) is 0 Å². The van der Waals surface area contributed by atoms with E-state index in [4.69, 9.17) is 0 Å². The number of carbonyl (C=O) groups excluding carboxylic acids is 1. The first-order valence-corrected chi connectivity index (χ1v) is 7.00. The Balaban J connectivity index is 2.00. The van der Waals surface area contributed by atoms with Crippen LogP contribution in [0.2, 0.25) is 0 Å². The molecule has 1 aliphatic heterocycles. The Bertz CT molecular complexity index is 179. The van der Waals surface area contributed by atoms with Crippen LogP contribution in [0.4, 0.5) is 0 Å². The van der Waals surface area contributed by atoms with Crippen LogP contribution >= 0.6 is 15.9 Å². The lowest BCUT2D eigenvalue weighted by Gasteiger charge is -2.19. The molecule has 0 spiro atoms. The number of hydrogen-bond acceptors (Lipinski definition) is 2. The van der Waals surface area contributed by atoms with Gasteiger partial charge in [-0.25, -0.2) is 0 Å². The van der Waals surface area contributed by atoms with Crippen LogP contribution in [-0.4, -0.2) is 42.3 Å². The van der Waals surface area contributed by atoms with Gasteiger partial charge in [0.2, 0.25) is 5.91 Å². The lowest BCUT2D eigenvalue weighted by atomic mass is 10.2. The van der Waals surface area contributed by atoms with Crippen molar-refractivity contribution in [3.63, 3.8) is 0 Å². The summed E-state index contributed by atoms with van der Waals surface area (Å²) >= 11 is 3.13. The first-order valence-electron chi connectivity index (χ1n) is 5.88. The number of halogens is 1. The van der Waals surface area contributed by atoms with Gasteiger partial charge in [0.15, 0.2) is 0 Å². The largest absolute Gasteiger partial charge is 0.355 e. The van der Waals surface area contributed by atoms with E-state index in [0.29, 0.717) is 5.33 Å². The monoisotopic (exact) mass is 276 g/mol. The van der Waals surface area contributed by atoms with Crippen molar-refractivity contribution < 1.29 is 4.79 Å². The minimum absolute atomic E-state index is 0.0888. The molecule has 0 radical (unpaired) electrons. The van der Waals surface area contributed by atoms with Gasteiger partial charge in [-0.15, -0.1) is 0 Å². The Morgan fingerprint density at radius 2 is 1.87 bits per heavy atom. The van der Waals surface area contributed by atoms with E-state index >= 15 is 0 Å². The number of hydrogen-bond donors (Lipinski definition) is 1. The molecule has 0 atom stereocenters. The van der Waals surface area contributed by atoms with Crippen LogP contribution in [0.15, 0.2) is 0 Å². The van der Waals surface area contributed by atoms with E-state index in [0.717, 1.165) is 19.5 Å². The number of nitrogens with zero attached hydrogens (tertiary/aromatic N) is 1. The predicted molar refractivity (Wildman–Crippen MR) is 66.3 cm³/mol. The maximum Gasteiger partial charge on any atom is 0.230 e. The van der Waals surface area contributed by atoms with Gasteiger partial charge >= 0.3 is 0 Å². The average molecular weight is 277 g/mol. The summed E-state index contributed by atoms with van der Waals surface area (Å²) in [6.07, 6.45) is 6.52. The summed E-state index contributed by atoms with van der Waals surface area (Å²) in [6, 6.07) is 0. The highest BCUT2D eigenvalue weighted by molar-refractivity contribution is 9.09. The van der Waals surface area contributed by atoms with Gasteiger partial charge in [0, 0.05) is 6.54 Å². The molecule has 1 aliphatic rings. The fourth-order valence-corrected chi connectivity index (χ4v) is 2.14. The van der Waals surface area contributed by atoms with Gasteiger partial charge < -0.3 is 10.2 Å². The highest BCUT2D eigenvalue weighted by Gasteiger charge is 2.07. The second-order valence-electron chi connectivity index (χ2n) is 4.09. The van der Waals surface area contributed by atoms with Crippen molar-refractivity contribution in [3.05, 3.63) is 0 Å². The van der Waals surface area contributed by atoms with Gasteiger partial charge in [-0.3, -0.25) is 4.79 Å². The third kappa shape index (κ3) is 6.15. The summed E-state index contributed by atoms with van der Waals surface area (Å²) in [4.78, 5) is 13.5. The topological polar surface area (TPSA) is 32.3 Å². The molecule has 1 amide bonds. The summed E-state index contributed by atoms with van der Waals surface area (Å²) in [5.41, 5.74) is 0. The predicted octanol–water partition coefficient (Wildman–Crippen LogP) is 1.76. The molecule has 1 heterocycles. The van der Waals surface area contributed by atoms with Crippen LogP contribution in [-0.2, 0) is 4.79 Å². The number of alkyl halides is 1. The van der Waals surface area contributed by atoms with Gasteiger partial charge in [-0.05, 0) is 38.9 Å². The zero-order valence-corrected chi connectivity index (χ0v) is 10.9. The van der Waals surface area contributed by atoms with E-state index in [1.165, 1.54) is 38.8 Å². The number of carbonyl (C=O) groups is 1. The molecule has 88 valence electrons. The van der Waals surface area contributed by atoms with E-state index in [1.54, 1.807) is 0 Å². The zero-order chi connectivity index (χ0) is 10.9. The third-order valence-corrected chi connectivity index (χ3v) is 3.30. The molecule has 0 aliphatic carbocycles. The zero-order valence-electron chi connectivity index (χ0n) is 9.30. The summed E-state index contributed by atoms with van der Waals surface area (Å²) in [5.74, 6) is 0.0888. The second kappa shape index (κ2) is 8.11. The number of nitrogens with one attached hydrogen (secondary N) is 1. The molecule has 0 aromatic heterocycles. The summed E-state index contributed by atoms with van der Waals surface area (Å²) < 4.78 is 0. The minimum atomic E-state index is 0.0888. The third-order valence-electron chi connectivity index (χ3n) is 2.79. The number of amides is 1. The quantitative estimate of drug-likeness (QED) is 0.613. The smallest absolute Gasteiger partial charge is 0.230 e. The highest BCUT2D eigenvalue weighted by atomic mass is 79.9. The molecule has 15 heavy (non-hydrogen) atoms. The average Bonchev–Trinajstić information content (AvgIpc) is 2.52. The second-order valence-corrected chi connectivity index (χ2v) is 4.65. The minimum Gasteiger partial charge on any atom is -0.355 e. The van der Waals surface area contributed by atoms with Crippen LogP contribution < -0.4 is 5.32 Å². The van der Waals surface area contributed by atoms with Gasteiger partial charge in [-0.2, -0.15) is 0 Å². The van der Waals surface area contributed by atoms with Crippen molar-refractivity contribution in [2.24, 2.45) is 0 Å². The van der Waals surface area contributed by atoms with Crippen molar-refractivity contribution in [2.75, 3.05) is 31.5 Å². The van der Waals surface area contributed by atoms with Crippen LogP contribution in [0.1, 0.15) is 32.1 Å². The molecule has 3 nitrogen and oxygen atoms in total. The first kappa shape index (κ1) is 13.0. The van der Waals surface area contributed by atoms with E-state index in [2.05, 4.69) is 26.1 Å². The molecule has 0 aromatic carbocycles. The summed E-state index contributed by atoms with van der Waals surface area (Å²) in [7, 11) is 0. The van der Waals surface area contributed by atoms with Crippen LogP contribution in [0.25, 0.3) is 0 Å². The van der Waals surface area contributed by atoms with Crippen LogP contribution in [0.3, 0.4) is 0 Å². The Hall–Kier alpha value is -0.0900. The SMILES string of the molecule is O=C(CBr)NCCCN1CCCCCC1. The summed E-state index contributed by atoms with van der Waals surface area (Å²) in [6.45, 7) is 4.42. The fraction of sp³-hybridized carbons (Fsp3) is 0.909. The Morgan fingerprint density at radius 1 is 1.20 bits per heavy atom. The molecular weight excluding hydrogens is 256 g/mol. The van der Waals surface area contributed by atoms with E-state index in [1.807, 2.05) is 0 Å². The van der Waals surface area contributed by atoms with E-state index < -0.39 is 0 Å². The van der Waals surface area contributed by atoms with E-state index in [9.17, 15) is 4.79 Å². The Labute approximate surface area is 101 Å². The molecule has 1 N–H and O–H groups in total. The first-order chi connectivity index (χ1) is 7.33. The molecule has 0 saturated carbocycles. The molecule has 0 aromatic rings. The number of likely N-dealkylation sites (tertiary alicyclic amines) is 1. The Morgan fingerprint density at radius 3 is 2.47 bits per heavy atom. The van der Waals surface area contributed by atoms with Gasteiger partial charge in [0.05, 0.1) is 5.33 Å². The lowest BCUT2D eigenvalue weighted by molar-refractivity contribution is -0.118. The van der Waals surface area contributed by atoms with Crippen LogP contribution in [0, 0.1) is 0 Å². The van der Waals surface area contributed by atoms with Gasteiger partial charge in [0.1, 0.15) is 0 Å². The van der Waals surface area contributed by atoms with Crippen molar-refractivity contribution in [3.8, 4) is 0 Å². The standard InChI is InChI=1S/C11H21BrN2O/c12-10-11(15)13-6-5-9-14-7-3-1-2-4-8-14/h1-10H2,(H,13,15). The highest BCUT2D eigenvalue weighted by Crippen LogP contribution is 2.09. The fourth-order valence-electron chi connectivity index (χ4n) is 1.94. The summed E-state index contributed by atoms with van der Waals surface area (Å²) in [5, 5.41) is 3.29. The van der Waals surface area contributed by atoms with Crippen molar-refractivity contribution in [2.45, 2.75) is 32.1 Å². The van der Waals surface area contributed by atoms with Gasteiger partial charge in [-0.1, -0.05) is 28.8 Å². The normalized spacial score (nSPS) is 18.5. The molecule has 1 saturated heterocycles. The maximum absolute atomic E-state index is 10.9. The molecule has 1 rings (SSSR count). The Kier molecular flexibility index (Phi) is 7.01. The number of rotatable bonds is 5. The van der Waals surface area contributed by atoms with Crippen molar-refractivity contribution >= 4 is 21.8 Å². The lowest BCUT2D eigenvalue weighted by Crippen LogP contribution is -2.31. The maximum atomic E-state index is 10.9.